The zero-order valence-electron chi connectivity index (χ0n) is 20.6. The van der Waals surface area contributed by atoms with Gasteiger partial charge in [-0.15, -0.1) is 6.58 Å². The van der Waals surface area contributed by atoms with Gasteiger partial charge in [0, 0.05) is 39.0 Å². The van der Waals surface area contributed by atoms with Crippen molar-refractivity contribution in [3.63, 3.8) is 0 Å². The Morgan fingerprint density at radius 2 is 1.81 bits per heavy atom. The number of nitrogens with zero attached hydrogens (tertiary/aromatic N) is 3. The molecule has 1 heterocycles. The average Bonchev–Trinajstić information content (AvgIpc) is 2.79. The van der Waals surface area contributed by atoms with Crippen LogP contribution in [0.3, 0.4) is 0 Å². The van der Waals surface area contributed by atoms with Crippen molar-refractivity contribution in [2.24, 2.45) is 5.11 Å². The maximum absolute atomic E-state index is 12.8. The van der Waals surface area contributed by atoms with E-state index in [1.807, 2.05) is 0 Å². The molecule has 1 unspecified atom stereocenters. The van der Waals surface area contributed by atoms with Crippen molar-refractivity contribution in [2.75, 3.05) is 20.3 Å². The van der Waals surface area contributed by atoms with Crippen LogP contribution in [0.4, 0.5) is 0 Å². The molecule has 0 spiro atoms. The lowest BCUT2D eigenvalue weighted by Crippen LogP contribution is -2.68. The van der Waals surface area contributed by atoms with Crippen LogP contribution in [0.25, 0.3) is 10.4 Å². The monoisotopic (exact) mass is 514 g/mol. The minimum absolute atomic E-state index is 0.214. The average molecular weight is 514 g/mol. The van der Waals surface area contributed by atoms with E-state index in [2.05, 4.69) is 21.9 Å². The lowest BCUT2D eigenvalue weighted by atomic mass is 9.86. The second kappa shape index (κ2) is 14.0. The van der Waals surface area contributed by atoms with Gasteiger partial charge in [0.05, 0.1) is 25.8 Å². The first-order valence-electron chi connectivity index (χ1n) is 10.7. The predicted molar refractivity (Wildman–Crippen MR) is 119 cm³/mol. The van der Waals surface area contributed by atoms with E-state index in [9.17, 15) is 29.5 Å². The molecule has 15 heteroatoms. The van der Waals surface area contributed by atoms with Gasteiger partial charge in [0.2, 0.25) is 5.91 Å². The van der Waals surface area contributed by atoms with Crippen LogP contribution in [0.2, 0.25) is 0 Å². The van der Waals surface area contributed by atoms with Gasteiger partial charge in [0.1, 0.15) is 12.7 Å². The van der Waals surface area contributed by atoms with E-state index in [0.29, 0.717) is 0 Å². The number of rotatable bonds is 12. The van der Waals surface area contributed by atoms with E-state index in [1.54, 1.807) is 0 Å². The number of methoxy groups -OCH3 is 1. The summed E-state index contributed by atoms with van der Waals surface area (Å²) in [6, 6.07) is -2.42. The number of ether oxygens (including phenoxy) is 6. The maximum atomic E-state index is 12.8. The molecule has 0 radical (unpaired) electrons. The molecule has 0 aromatic heterocycles. The number of amides is 1. The van der Waals surface area contributed by atoms with Gasteiger partial charge in [0.15, 0.2) is 12.2 Å². The van der Waals surface area contributed by atoms with Crippen molar-refractivity contribution in [1.29, 1.82) is 0 Å². The standard InChI is InChI=1S/C21H30N4O11/c1-7-8-33-21(20(30)31-6)9-15(24-25-22)17(23-11(2)26)19(36-21)18(35-14(5)29)16(34-13(4)28)10-32-12(3)27/h7,15-19H,1,8-10H2,2-6H3,(H,23,26)/t15-,16-,17-,18-,19?,21-/m1/s1. The van der Waals surface area contributed by atoms with Crippen molar-refractivity contribution in [3.05, 3.63) is 23.1 Å². The number of azide groups is 1. The third-order valence-electron chi connectivity index (χ3n) is 4.83. The molecule has 1 rings (SSSR count). The Morgan fingerprint density at radius 1 is 1.17 bits per heavy atom. The lowest BCUT2D eigenvalue weighted by molar-refractivity contribution is -0.299. The van der Waals surface area contributed by atoms with Gasteiger partial charge in [-0.25, -0.2) is 4.79 Å². The highest BCUT2D eigenvalue weighted by molar-refractivity contribution is 5.78. The first-order valence-corrected chi connectivity index (χ1v) is 10.7. The molecule has 0 aliphatic carbocycles. The molecular weight excluding hydrogens is 484 g/mol. The Hall–Kier alpha value is -3.68. The lowest BCUT2D eigenvalue weighted by Gasteiger charge is -2.48. The van der Waals surface area contributed by atoms with E-state index in [-0.39, 0.29) is 6.61 Å². The Morgan fingerprint density at radius 3 is 2.28 bits per heavy atom. The molecule has 1 amide bonds. The van der Waals surface area contributed by atoms with Gasteiger partial charge >= 0.3 is 23.9 Å². The summed E-state index contributed by atoms with van der Waals surface area (Å²) in [6.45, 7) is 7.11. The zero-order valence-corrected chi connectivity index (χ0v) is 20.6. The van der Waals surface area contributed by atoms with Gasteiger partial charge in [-0.1, -0.05) is 11.2 Å². The summed E-state index contributed by atoms with van der Waals surface area (Å²) in [5.41, 5.74) is 9.18. The number of hydrogen-bond acceptors (Lipinski definition) is 12. The summed E-state index contributed by atoms with van der Waals surface area (Å²) in [4.78, 5) is 63.0. The van der Waals surface area contributed by atoms with Crippen molar-refractivity contribution in [3.8, 4) is 0 Å². The van der Waals surface area contributed by atoms with Crippen molar-refractivity contribution >= 4 is 29.8 Å². The van der Waals surface area contributed by atoms with E-state index in [0.717, 1.165) is 27.9 Å². The van der Waals surface area contributed by atoms with E-state index < -0.39 is 79.0 Å². The molecule has 1 aliphatic heterocycles. The van der Waals surface area contributed by atoms with Crippen LogP contribution in [-0.4, -0.2) is 86.3 Å². The fraction of sp³-hybridized carbons (Fsp3) is 0.667. The molecule has 1 aliphatic rings. The molecule has 1 N–H and O–H groups in total. The smallest absolute Gasteiger partial charge is 0.366 e. The SMILES string of the molecule is C=CCO[C@]1(C(=O)OC)C[C@@H](N=[N+]=[N-])[C@@H](NC(C)=O)C([C@H](OC(C)=O)[C@@H](COC(C)=O)OC(C)=O)O1. The van der Waals surface area contributed by atoms with Gasteiger partial charge in [-0.2, -0.15) is 0 Å². The number of esters is 4. The van der Waals surface area contributed by atoms with Crippen LogP contribution in [0, 0.1) is 0 Å². The quantitative estimate of drug-likeness (QED) is 0.0946. The summed E-state index contributed by atoms with van der Waals surface area (Å²) in [5.74, 6) is -6.25. The van der Waals surface area contributed by atoms with Crippen LogP contribution in [0.1, 0.15) is 34.1 Å². The Balaban J connectivity index is 3.77. The fourth-order valence-corrected chi connectivity index (χ4v) is 3.61. The molecule has 1 fully saturated rings. The van der Waals surface area contributed by atoms with Gasteiger partial charge < -0.3 is 33.7 Å². The predicted octanol–water partition coefficient (Wildman–Crippen LogP) is 0.457. The van der Waals surface area contributed by atoms with Crippen molar-refractivity contribution in [1.82, 2.24) is 5.32 Å². The summed E-state index contributed by atoms with van der Waals surface area (Å²) < 4.78 is 32.0. The Kier molecular flexibility index (Phi) is 11.8. The zero-order chi connectivity index (χ0) is 27.5. The van der Waals surface area contributed by atoms with Crippen molar-refractivity contribution in [2.45, 2.75) is 70.3 Å². The molecule has 36 heavy (non-hydrogen) atoms. The second-order valence-electron chi connectivity index (χ2n) is 7.65. The molecule has 6 atom stereocenters. The minimum Gasteiger partial charge on any atom is -0.465 e. The molecular formula is C21H30N4O11. The third-order valence-corrected chi connectivity index (χ3v) is 4.83. The van der Waals surface area contributed by atoms with E-state index >= 15 is 0 Å². The Bertz CT molecular complexity index is 904. The molecule has 0 saturated carbocycles. The number of carbonyl (C=O) groups is 5. The van der Waals surface area contributed by atoms with Crippen LogP contribution >= 0.6 is 0 Å². The molecule has 0 bridgehead atoms. The van der Waals surface area contributed by atoms with Gasteiger partial charge in [0.25, 0.3) is 5.79 Å². The summed E-state index contributed by atoms with van der Waals surface area (Å²) in [7, 11) is 1.06. The highest BCUT2D eigenvalue weighted by Crippen LogP contribution is 2.37. The highest BCUT2D eigenvalue weighted by Gasteiger charge is 2.57. The topological polar surface area (TPSA) is 202 Å². The van der Waals surface area contributed by atoms with Crippen LogP contribution in [-0.2, 0) is 52.4 Å². The van der Waals surface area contributed by atoms with Gasteiger partial charge in [-0.3, -0.25) is 19.2 Å². The van der Waals surface area contributed by atoms with Crippen molar-refractivity contribution < 1.29 is 52.4 Å². The molecule has 0 aromatic carbocycles. The van der Waals surface area contributed by atoms with Crippen LogP contribution in [0.5, 0.6) is 0 Å². The minimum atomic E-state index is -2.21. The second-order valence-corrected chi connectivity index (χ2v) is 7.65. The van der Waals surface area contributed by atoms with Crippen LogP contribution in [0.15, 0.2) is 17.8 Å². The molecule has 0 aromatic rings. The molecule has 200 valence electrons. The molecule has 1 saturated heterocycles. The van der Waals surface area contributed by atoms with E-state index in [1.165, 1.54) is 13.0 Å². The maximum Gasteiger partial charge on any atom is 0.366 e. The number of hydrogen-bond donors (Lipinski definition) is 1. The fourth-order valence-electron chi connectivity index (χ4n) is 3.61. The first-order chi connectivity index (χ1) is 16.9. The summed E-state index contributed by atoms with van der Waals surface area (Å²) in [5, 5.41) is 6.23. The third kappa shape index (κ3) is 8.52. The number of carbonyl (C=O) groups excluding carboxylic acids is 5. The highest BCUT2D eigenvalue weighted by atomic mass is 16.7. The first kappa shape index (κ1) is 30.4. The van der Waals surface area contributed by atoms with Crippen LogP contribution < -0.4 is 5.32 Å². The molecule has 15 nitrogen and oxygen atoms in total. The summed E-state index contributed by atoms with van der Waals surface area (Å²) in [6.07, 6.45) is -3.68. The largest absolute Gasteiger partial charge is 0.465 e. The summed E-state index contributed by atoms with van der Waals surface area (Å²) >= 11 is 0. The number of nitrogens with one attached hydrogen (secondary N) is 1. The normalized spacial score (nSPS) is 24.6. The van der Waals surface area contributed by atoms with E-state index in [4.69, 9.17) is 28.4 Å². The Labute approximate surface area is 207 Å². The van der Waals surface area contributed by atoms with Gasteiger partial charge in [-0.05, 0) is 5.53 Å².